The molecule has 1 aliphatic carbocycles. The molecule has 116 valence electrons. The third-order valence-corrected chi connectivity index (χ3v) is 5.92. The summed E-state index contributed by atoms with van der Waals surface area (Å²) < 4.78 is 0. The van der Waals surface area contributed by atoms with Crippen LogP contribution in [0.1, 0.15) is 68.2 Å². The molecule has 0 radical (unpaired) electrons. The highest BCUT2D eigenvalue weighted by Crippen LogP contribution is 2.30. The normalized spacial score (nSPS) is 19.5. The first-order valence-corrected chi connectivity index (χ1v) is 9.61. The molecule has 3 nitrogen and oxygen atoms in total. The van der Waals surface area contributed by atoms with Gasteiger partial charge in [-0.1, -0.05) is 32.6 Å². The van der Waals surface area contributed by atoms with Gasteiger partial charge >= 0.3 is 0 Å². The lowest BCUT2D eigenvalue weighted by molar-refractivity contribution is 0.516. The number of rotatable bonds is 5. The molecule has 0 bridgehead atoms. The monoisotopic (exact) mass is 305 g/mol. The van der Waals surface area contributed by atoms with Crippen LogP contribution < -0.4 is 5.32 Å². The van der Waals surface area contributed by atoms with E-state index in [-0.39, 0.29) is 0 Å². The predicted octanol–water partition coefficient (Wildman–Crippen LogP) is 3.64. The van der Waals surface area contributed by atoms with Crippen molar-refractivity contribution in [1.82, 2.24) is 15.3 Å². The van der Waals surface area contributed by atoms with Gasteiger partial charge in [-0.05, 0) is 37.8 Å². The molecule has 1 aliphatic heterocycles. The van der Waals surface area contributed by atoms with E-state index in [1.165, 1.54) is 55.5 Å². The van der Waals surface area contributed by atoms with Crippen molar-refractivity contribution in [1.29, 1.82) is 0 Å². The van der Waals surface area contributed by atoms with Crippen molar-refractivity contribution in [2.45, 2.75) is 75.8 Å². The van der Waals surface area contributed by atoms with Crippen molar-refractivity contribution >= 4 is 11.8 Å². The fraction of sp³-hybridized carbons (Fsp3) is 0.765. The molecular weight excluding hydrogens is 278 g/mol. The summed E-state index contributed by atoms with van der Waals surface area (Å²) in [5.41, 5.74) is 4.02. The molecule has 2 aliphatic rings. The summed E-state index contributed by atoms with van der Waals surface area (Å²) in [6.45, 7) is 4.24. The lowest BCUT2D eigenvalue weighted by Crippen LogP contribution is -2.27. The number of thioether (sulfide) groups is 1. The molecule has 0 saturated heterocycles. The smallest absolute Gasteiger partial charge is 0.138 e. The Morgan fingerprint density at radius 1 is 1.19 bits per heavy atom. The maximum absolute atomic E-state index is 4.90. The third-order valence-electron chi connectivity index (χ3n) is 4.56. The van der Waals surface area contributed by atoms with Crippen molar-refractivity contribution in [3.63, 3.8) is 0 Å². The summed E-state index contributed by atoms with van der Waals surface area (Å²) in [6.07, 6.45) is 10.4. The number of hydrogen-bond acceptors (Lipinski definition) is 4. The van der Waals surface area contributed by atoms with E-state index in [4.69, 9.17) is 9.97 Å². The van der Waals surface area contributed by atoms with Crippen LogP contribution in [0.5, 0.6) is 0 Å². The van der Waals surface area contributed by atoms with Gasteiger partial charge in [0.15, 0.2) is 0 Å². The van der Waals surface area contributed by atoms with Gasteiger partial charge in [0.25, 0.3) is 0 Å². The molecule has 0 atom stereocenters. The minimum atomic E-state index is 0.839. The molecule has 1 saturated carbocycles. The summed E-state index contributed by atoms with van der Waals surface area (Å²) >= 11 is 2.08. The number of hydrogen-bond donors (Lipinski definition) is 1. The van der Waals surface area contributed by atoms with Gasteiger partial charge in [0.05, 0.1) is 11.4 Å². The van der Waals surface area contributed by atoms with Gasteiger partial charge in [0.1, 0.15) is 5.82 Å². The van der Waals surface area contributed by atoms with Crippen molar-refractivity contribution in [3.8, 4) is 0 Å². The van der Waals surface area contributed by atoms with Crippen molar-refractivity contribution in [3.05, 3.63) is 22.8 Å². The summed E-state index contributed by atoms with van der Waals surface area (Å²) in [6, 6.07) is 0. The third kappa shape index (κ3) is 3.98. The Kier molecular flexibility index (Phi) is 5.53. The second-order valence-electron chi connectivity index (χ2n) is 6.26. The fourth-order valence-electron chi connectivity index (χ4n) is 3.43. The van der Waals surface area contributed by atoms with Gasteiger partial charge in [0, 0.05) is 17.5 Å². The van der Waals surface area contributed by atoms with E-state index in [0.717, 1.165) is 42.8 Å². The standard InChI is InChI=1S/C17H27N3S/c1-2-6-15-14-9-10-18-11-16(14)20-17(19-15)12-21-13-7-4-3-5-8-13/h13,18H,2-12H2,1H3. The second-order valence-corrected chi connectivity index (χ2v) is 7.55. The number of fused-ring (bicyclic) bond motifs is 1. The Balaban J connectivity index is 1.70. The molecule has 1 fully saturated rings. The number of aryl methyl sites for hydroxylation is 1. The van der Waals surface area contributed by atoms with Crippen LogP contribution in [0.3, 0.4) is 0 Å². The predicted molar refractivity (Wildman–Crippen MR) is 89.6 cm³/mol. The van der Waals surface area contributed by atoms with E-state index < -0.39 is 0 Å². The summed E-state index contributed by atoms with van der Waals surface area (Å²) in [5, 5.41) is 4.28. The maximum atomic E-state index is 4.90. The Hall–Kier alpha value is -0.610. The number of aromatic nitrogens is 2. The molecule has 2 heterocycles. The Morgan fingerprint density at radius 2 is 2.05 bits per heavy atom. The first-order valence-electron chi connectivity index (χ1n) is 8.56. The van der Waals surface area contributed by atoms with Gasteiger partial charge < -0.3 is 5.32 Å². The summed E-state index contributed by atoms with van der Waals surface area (Å²) in [4.78, 5) is 9.75. The second kappa shape index (κ2) is 7.59. The molecule has 1 N–H and O–H groups in total. The van der Waals surface area contributed by atoms with Crippen LogP contribution >= 0.6 is 11.8 Å². The maximum Gasteiger partial charge on any atom is 0.138 e. The van der Waals surface area contributed by atoms with Crippen LogP contribution in [0.2, 0.25) is 0 Å². The van der Waals surface area contributed by atoms with E-state index >= 15 is 0 Å². The molecule has 1 aromatic rings. The minimum absolute atomic E-state index is 0.839. The van der Waals surface area contributed by atoms with Crippen molar-refractivity contribution in [2.24, 2.45) is 0 Å². The molecule has 0 aromatic carbocycles. The van der Waals surface area contributed by atoms with Crippen molar-refractivity contribution < 1.29 is 0 Å². The van der Waals surface area contributed by atoms with E-state index in [1.807, 2.05) is 0 Å². The molecule has 0 unspecified atom stereocenters. The Bertz CT molecular complexity index is 469. The van der Waals surface area contributed by atoms with E-state index in [2.05, 4.69) is 24.0 Å². The largest absolute Gasteiger partial charge is 0.311 e. The highest BCUT2D eigenvalue weighted by Gasteiger charge is 2.18. The van der Waals surface area contributed by atoms with Crippen molar-refractivity contribution in [2.75, 3.05) is 6.54 Å². The average Bonchev–Trinajstić information content (AvgIpc) is 2.54. The van der Waals surface area contributed by atoms with Crippen LogP contribution in [0, 0.1) is 0 Å². The van der Waals surface area contributed by atoms with Gasteiger partial charge in [-0.2, -0.15) is 11.8 Å². The van der Waals surface area contributed by atoms with Gasteiger partial charge in [-0.25, -0.2) is 9.97 Å². The molecule has 4 heteroatoms. The zero-order chi connectivity index (χ0) is 14.5. The average molecular weight is 305 g/mol. The first kappa shape index (κ1) is 15.3. The highest BCUT2D eigenvalue weighted by molar-refractivity contribution is 7.99. The van der Waals surface area contributed by atoms with Crippen LogP contribution in [0.25, 0.3) is 0 Å². The van der Waals surface area contributed by atoms with Crippen LogP contribution in [0.4, 0.5) is 0 Å². The number of nitrogens with zero attached hydrogens (tertiary/aromatic N) is 2. The lowest BCUT2D eigenvalue weighted by atomic mass is 10.0. The number of nitrogens with one attached hydrogen (secondary N) is 1. The van der Waals surface area contributed by atoms with Crippen LogP contribution in [0.15, 0.2) is 0 Å². The van der Waals surface area contributed by atoms with Gasteiger partial charge in [-0.3, -0.25) is 0 Å². The lowest BCUT2D eigenvalue weighted by Gasteiger charge is -2.22. The van der Waals surface area contributed by atoms with Crippen LogP contribution in [-0.2, 0) is 25.1 Å². The first-order chi connectivity index (χ1) is 10.4. The zero-order valence-electron chi connectivity index (χ0n) is 13.2. The molecule has 3 rings (SSSR count). The highest BCUT2D eigenvalue weighted by atomic mass is 32.2. The summed E-state index contributed by atoms with van der Waals surface area (Å²) in [7, 11) is 0. The molecule has 1 aromatic heterocycles. The SMILES string of the molecule is CCCc1nc(CSC2CCCCC2)nc2c1CCNC2. The van der Waals surface area contributed by atoms with Gasteiger partial charge in [-0.15, -0.1) is 0 Å². The molecule has 0 spiro atoms. The quantitative estimate of drug-likeness (QED) is 0.901. The zero-order valence-corrected chi connectivity index (χ0v) is 14.0. The minimum Gasteiger partial charge on any atom is -0.311 e. The molecular formula is C17H27N3S. The van der Waals surface area contributed by atoms with E-state index in [1.54, 1.807) is 0 Å². The molecule has 21 heavy (non-hydrogen) atoms. The van der Waals surface area contributed by atoms with Crippen LogP contribution in [-0.4, -0.2) is 21.8 Å². The molecule has 0 amide bonds. The Morgan fingerprint density at radius 3 is 2.86 bits per heavy atom. The van der Waals surface area contributed by atoms with E-state index in [9.17, 15) is 0 Å². The Labute approximate surface area is 132 Å². The van der Waals surface area contributed by atoms with Gasteiger partial charge in [0.2, 0.25) is 0 Å². The topological polar surface area (TPSA) is 37.8 Å². The summed E-state index contributed by atoms with van der Waals surface area (Å²) in [5.74, 6) is 2.06. The fourth-order valence-corrected chi connectivity index (χ4v) is 4.61. The van der Waals surface area contributed by atoms with E-state index in [0.29, 0.717) is 0 Å².